The second-order valence-electron chi connectivity index (χ2n) is 6.22. The van der Waals surface area contributed by atoms with E-state index in [4.69, 9.17) is 4.74 Å². The van der Waals surface area contributed by atoms with E-state index in [-0.39, 0.29) is 0 Å². The van der Waals surface area contributed by atoms with Gasteiger partial charge in [0.05, 0.1) is 0 Å². The highest BCUT2D eigenvalue weighted by atomic mass is 79.9. The van der Waals surface area contributed by atoms with Crippen molar-refractivity contribution in [2.24, 2.45) is 0 Å². The van der Waals surface area contributed by atoms with Crippen molar-refractivity contribution < 1.29 is 4.74 Å². The predicted molar refractivity (Wildman–Crippen MR) is 92.2 cm³/mol. The van der Waals surface area contributed by atoms with Crippen LogP contribution < -0.4 is 0 Å². The lowest BCUT2D eigenvalue weighted by atomic mass is 10.1. The topological polar surface area (TPSA) is 39.9 Å². The molecule has 0 fully saturated rings. The average molecular weight is 368 g/mol. The predicted octanol–water partition coefficient (Wildman–Crippen LogP) is 4.15. The van der Waals surface area contributed by atoms with Gasteiger partial charge in [0.1, 0.15) is 11.4 Å². The summed E-state index contributed by atoms with van der Waals surface area (Å²) in [5, 5.41) is 9.72. The number of nitrogens with zero attached hydrogens (tertiary/aromatic N) is 3. The molecular weight excluding hydrogens is 346 g/mol. The Labute approximate surface area is 135 Å². The van der Waals surface area contributed by atoms with Gasteiger partial charge >= 0.3 is 0 Å². The van der Waals surface area contributed by atoms with Crippen LogP contribution in [0.4, 0.5) is 0 Å². The van der Waals surface area contributed by atoms with Crippen molar-refractivity contribution in [2.45, 2.75) is 37.7 Å². The molecule has 0 bridgehead atoms. The van der Waals surface area contributed by atoms with Gasteiger partial charge in [0.2, 0.25) is 0 Å². The summed E-state index contributed by atoms with van der Waals surface area (Å²) < 4.78 is 5.70. The first-order valence-electron chi connectivity index (χ1n) is 7.13. The van der Waals surface area contributed by atoms with Crippen LogP contribution in [0.5, 0.6) is 0 Å². The minimum atomic E-state index is -1.04. The van der Waals surface area contributed by atoms with Gasteiger partial charge in [-0.3, -0.25) is 0 Å². The van der Waals surface area contributed by atoms with E-state index in [1.54, 1.807) is 4.80 Å². The van der Waals surface area contributed by atoms with Crippen LogP contribution in [-0.2, 0) is 16.8 Å². The summed E-state index contributed by atoms with van der Waals surface area (Å²) in [4.78, 5) is 1.64. The molecule has 0 radical (unpaired) electrons. The molecule has 0 atom stereocenters. The first-order valence-corrected chi connectivity index (χ1v) is 12.0. The van der Waals surface area contributed by atoms with E-state index in [1.807, 2.05) is 30.3 Å². The summed E-state index contributed by atoms with van der Waals surface area (Å²) in [6, 6.07) is 11.3. The van der Waals surface area contributed by atoms with Crippen molar-refractivity contribution in [1.82, 2.24) is 15.0 Å². The fraction of sp³-hybridized carbons (Fsp3) is 0.467. The molecule has 0 N–H and O–H groups in total. The SMILES string of the molecule is C[Si](C)(C)CCOCn1nc(CBr)c(-c2ccccc2)n1. The largest absolute Gasteiger partial charge is 0.358 e. The summed E-state index contributed by atoms with van der Waals surface area (Å²) in [5.41, 5.74) is 2.94. The summed E-state index contributed by atoms with van der Waals surface area (Å²) in [7, 11) is -1.04. The van der Waals surface area contributed by atoms with Crippen LogP contribution in [0.3, 0.4) is 0 Å². The number of ether oxygens (including phenoxy) is 1. The van der Waals surface area contributed by atoms with Crippen LogP contribution in [-0.4, -0.2) is 29.7 Å². The molecule has 0 amide bonds. The standard InChI is InChI=1S/C15H22BrN3OSi/c1-21(2,3)10-9-20-12-19-17-14(11-16)15(18-19)13-7-5-4-6-8-13/h4-8H,9-12H2,1-3H3. The molecule has 6 heteroatoms. The smallest absolute Gasteiger partial charge is 0.158 e. The van der Waals surface area contributed by atoms with Crippen LogP contribution in [0, 0.1) is 0 Å². The zero-order valence-electron chi connectivity index (χ0n) is 12.8. The maximum atomic E-state index is 5.70. The maximum Gasteiger partial charge on any atom is 0.158 e. The Morgan fingerprint density at radius 3 is 2.48 bits per heavy atom. The van der Waals surface area contributed by atoms with Gasteiger partial charge < -0.3 is 4.74 Å². The van der Waals surface area contributed by atoms with Crippen molar-refractivity contribution >= 4 is 24.0 Å². The molecule has 4 nitrogen and oxygen atoms in total. The minimum Gasteiger partial charge on any atom is -0.358 e. The van der Waals surface area contributed by atoms with Gasteiger partial charge in [0.15, 0.2) is 6.73 Å². The Morgan fingerprint density at radius 2 is 1.86 bits per heavy atom. The highest BCUT2D eigenvalue weighted by Crippen LogP contribution is 2.21. The first-order chi connectivity index (χ1) is 9.99. The van der Waals surface area contributed by atoms with Crippen molar-refractivity contribution in [2.75, 3.05) is 6.61 Å². The number of benzene rings is 1. The molecule has 2 aromatic rings. The average Bonchev–Trinajstić information content (AvgIpc) is 2.87. The molecule has 0 spiro atoms. The normalized spacial score (nSPS) is 11.8. The van der Waals surface area contributed by atoms with E-state index < -0.39 is 8.07 Å². The quantitative estimate of drug-likeness (QED) is 0.419. The van der Waals surface area contributed by atoms with Crippen LogP contribution in [0.15, 0.2) is 30.3 Å². The summed E-state index contributed by atoms with van der Waals surface area (Å²) in [5.74, 6) is 0. The molecule has 21 heavy (non-hydrogen) atoms. The van der Waals surface area contributed by atoms with Crippen molar-refractivity contribution in [3.63, 3.8) is 0 Å². The zero-order chi connectivity index (χ0) is 15.3. The van der Waals surface area contributed by atoms with Gasteiger partial charge in [-0.25, -0.2) is 0 Å². The monoisotopic (exact) mass is 367 g/mol. The molecule has 0 saturated heterocycles. The number of alkyl halides is 1. The van der Waals surface area contributed by atoms with Gasteiger partial charge in [-0.15, -0.1) is 0 Å². The van der Waals surface area contributed by atoms with Crippen molar-refractivity contribution in [3.8, 4) is 11.3 Å². The second kappa shape index (κ2) is 7.33. The molecule has 1 heterocycles. The summed E-state index contributed by atoms with van der Waals surface area (Å²) >= 11 is 3.48. The number of hydrogen-bond acceptors (Lipinski definition) is 3. The fourth-order valence-corrected chi connectivity index (χ4v) is 3.01. The van der Waals surface area contributed by atoms with E-state index in [0.717, 1.165) is 29.6 Å². The third-order valence-electron chi connectivity index (χ3n) is 3.10. The molecule has 2 rings (SSSR count). The van der Waals surface area contributed by atoms with Crippen LogP contribution in [0.2, 0.25) is 25.7 Å². The lowest BCUT2D eigenvalue weighted by molar-refractivity contribution is 0.0684. The molecule has 1 aromatic carbocycles. The van der Waals surface area contributed by atoms with E-state index >= 15 is 0 Å². The van der Waals surface area contributed by atoms with Crippen molar-refractivity contribution in [3.05, 3.63) is 36.0 Å². The van der Waals surface area contributed by atoms with Crippen LogP contribution >= 0.6 is 15.9 Å². The molecule has 114 valence electrons. The minimum absolute atomic E-state index is 0.414. The van der Waals surface area contributed by atoms with E-state index in [0.29, 0.717) is 12.1 Å². The van der Waals surface area contributed by atoms with Gasteiger partial charge in [0, 0.05) is 25.6 Å². The number of halogens is 1. The van der Waals surface area contributed by atoms with Gasteiger partial charge in [-0.1, -0.05) is 65.9 Å². The highest BCUT2D eigenvalue weighted by Gasteiger charge is 2.14. The van der Waals surface area contributed by atoms with Crippen LogP contribution in [0.1, 0.15) is 5.69 Å². The Kier molecular flexibility index (Phi) is 5.72. The lowest BCUT2D eigenvalue weighted by Gasteiger charge is -2.14. The van der Waals surface area contributed by atoms with E-state index in [2.05, 4.69) is 45.8 Å². The lowest BCUT2D eigenvalue weighted by Crippen LogP contribution is -2.22. The molecule has 0 saturated carbocycles. The number of rotatable bonds is 7. The Hall–Kier alpha value is -0.983. The van der Waals surface area contributed by atoms with Crippen LogP contribution in [0.25, 0.3) is 11.3 Å². The Morgan fingerprint density at radius 1 is 1.14 bits per heavy atom. The number of hydrogen-bond donors (Lipinski definition) is 0. The first kappa shape index (κ1) is 16.4. The van der Waals surface area contributed by atoms with Gasteiger partial charge in [0.25, 0.3) is 0 Å². The third-order valence-corrected chi connectivity index (χ3v) is 5.34. The second-order valence-corrected chi connectivity index (χ2v) is 12.4. The molecule has 0 aliphatic rings. The molecule has 0 aliphatic heterocycles. The summed E-state index contributed by atoms with van der Waals surface area (Å²) in [6.45, 7) is 8.23. The van der Waals surface area contributed by atoms with E-state index in [9.17, 15) is 0 Å². The molecule has 1 aromatic heterocycles. The molecular formula is C15H22BrN3OSi. The van der Waals surface area contributed by atoms with Gasteiger partial charge in [-0.2, -0.15) is 15.0 Å². The third kappa shape index (κ3) is 5.05. The Bertz CT molecular complexity index is 566. The van der Waals surface area contributed by atoms with E-state index in [1.165, 1.54) is 0 Å². The fourth-order valence-electron chi connectivity index (χ4n) is 1.87. The Balaban J connectivity index is 2.01. The number of aromatic nitrogens is 3. The molecule has 0 aliphatic carbocycles. The zero-order valence-corrected chi connectivity index (χ0v) is 15.4. The maximum absolute atomic E-state index is 5.70. The van der Waals surface area contributed by atoms with Crippen molar-refractivity contribution in [1.29, 1.82) is 0 Å². The highest BCUT2D eigenvalue weighted by molar-refractivity contribution is 9.08. The van der Waals surface area contributed by atoms with Gasteiger partial charge in [-0.05, 0) is 6.04 Å². The molecule has 0 unspecified atom stereocenters. The summed E-state index contributed by atoms with van der Waals surface area (Å²) in [6.07, 6.45) is 0.